The Hall–Kier alpha value is -3.72. The molecule has 0 spiro atoms. The maximum atomic E-state index is 13.1. The summed E-state index contributed by atoms with van der Waals surface area (Å²) in [5.74, 6) is -1.87. The molecular weight excluding hydrogens is 527 g/mol. The van der Waals surface area contributed by atoms with E-state index in [-0.39, 0.29) is 10.7 Å². The first kappa shape index (κ1) is 25.4. The van der Waals surface area contributed by atoms with Gasteiger partial charge in [-0.15, -0.1) is 0 Å². The van der Waals surface area contributed by atoms with E-state index in [0.29, 0.717) is 44.7 Å². The van der Waals surface area contributed by atoms with Gasteiger partial charge in [0.25, 0.3) is 5.91 Å². The van der Waals surface area contributed by atoms with Crippen LogP contribution < -0.4 is 20.8 Å². The highest BCUT2D eigenvalue weighted by molar-refractivity contribution is 6.42. The number of amides is 3. The highest BCUT2D eigenvalue weighted by atomic mass is 35.5. The second-order valence-corrected chi connectivity index (χ2v) is 8.78. The molecule has 4 rings (SSSR count). The van der Waals surface area contributed by atoms with E-state index in [2.05, 4.69) is 16.1 Å². The first-order valence-corrected chi connectivity index (χ1v) is 11.8. The quantitative estimate of drug-likeness (QED) is 0.260. The third-order valence-electron chi connectivity index (χ3n) is 5.02. The highest BCUT2D eigenvalue weighted by Gasteiger charge is 2.22. The van der Waals surface area contributed by atoms with Crippen LogP contribution in [0.2, 0.25) is 15.1 Å². The molecule has 184 valence electrons. The Morgan fingerprint density at radius 3 is 2.22 bits per heavy atom. The molecule has 0 unspecified atom stereocenters. The number of aromatic nitrogens is 1. The lowest BCUT2D eigenvalue weighted by Gasteiger charge is -2.13. The van der Waals surface area contributed by atoms with Crippen molar-refractivity contribution in [2.45, 2.75) is 6.92 Å². The molecule has 1 aromatic heterocycles. The van der Waals surface area contributed by atoms with Gasteiger partial charge in [-0.1, -0.05) is 34.8 Å². The average molecular weight is 546 g/mol. The predicted molar refractivity (Wildman–Crippen MR) is 142 cm³/mol. The summed E-state index contributed by atoms with van der Waals surface area (Å²) in [6, 6.07) is 17.6. The predicted octanol–water partition coefficient (Wildman–Crippen LogP) is 5.96. The molecule has 8 nitrogen and oxygen atoms in total. The lowest BCUT2D eigenvalue weighted by Crippen LogP contribution is -2.36. The summed E-state index contributed by atoms with van der Waals surface area (Å²) in [6.07, 6.45) is 0. The van der Waals surface area contributed by atoms with Crippen molar-refractivity contribution >= 4 is 74.8 Å². The zero-order valence-electron chi connectivity index (χ0n) is 18.8. The van der Waals surface area contributed by atoms with Crippen LogP contribution in [0.3, 0.4) is 0 Å². The number of carbonyl (C=O) groups excluding carboxylic acids is 3. The van der Waals surface area contributed by atoms with Crippen molar-refractivity contribution in [2.24, 2.45) is 0 Å². The molecule has 0 fully saturated rings. The van der Waals surface area contributed by atoms with Crippen molar-refractivity contribution in [3.8, 4) is 5.75 Å². The number of hydrogen-bond donors (Lipinski definition) is 3. The van der Waals surface area contributed by atoms with Gasteiger partial charge in [0.15, 0.2) is 0 Å². The van der Waals surface area contributed by atoms with E-state index < -0.39 is 17.7 Å². The minimum atomic E-state index is -0.991. The number of halogens is 3. The molecule has 4 aromatic rings. The van der Waals surface area contributed by atoms with Gasteiger partial charge in [0.1, 0.15) is 11.4 Å². The molecule has 0 bridgehead atoms. The first-order chi connectivity index (χ1) is 17.2. The van der Waals surface area contributed by atoms with Crippen LogP contribution in [-0.4, -0.2) is 29.0 Å². The summed E-state index contributed by atoms with van der Waals surface area (Å²) in [6.45, 7) is 2.36. The third-order valence-corrected chi connectivity index (χ3v) is 5.80. The van der Waals surface area contributed by atoms with E-state index in [1.165, 1.54) is 16.8 Å². The third kappa shape index (κ3) is 5.73. The summed E-state index contributed by atoms with van der Waals surface area (Å²) in [7, 11) is 0. The van der Waals surface area contributed by atoms with Crippen LogP contribution in [0, 0.1) is 0 Å². The van der Waals surface area contributed by atoms with Crippen molar-refractivity contribution in [3.63, 3.8) is 0 Å². The van der Waals surface area contributed by atoms with E-state index in [0.717, 1.165) is 0 Å². The fourth-order valence-corrected chi connectivity index (χ4v) is 4.03. The maximum absolute atomic E-state index is 13.1. The summed E-state index contributed by atoms with van der Waals surface area (Å²) in [5, 5.41) is 6.85. The molecule has 0 radical (unpaired) electrons. The molecule has 0 aliphatic rings. The van der Waals surface area contributed by atoms with E-state index in [4.69, 9.17) is 39.5 Å². The Morgan fingerprint density at radius 2 is 1.53 bits per heavy atom. The zero-order valence-corrected chi connectivity index (χ0v) is 21.0. The topological polar surface area (TPSA) is 101 Å². The smallest absolute Gasteiger partial charge is 0.328 e. The molecule has 3 N–H and O–H groups in total. The fourth-order valence-electron chi connectivity index (χ4n) is 3.39. The van der Waals surface area contributed by atoms with Gasteiger partial charge in [0, 0.05) is 21.1 Å². The normalized spacial score (nSPS) is 10.7. The van der Waals surface area contributed by atoms with Crippen LogP contribution in [0.1, 0.15) is 17.4 Å². The van der Waals surface area contributed by atoms with Gasteiger partial charge in [-0.3, -0.25) is 19.8 Å². The molecule has 0 aliphatic carbocycles. The number of fused-ring (bicyclic) bond motifs is 1. The van der Waals surface area contributed by atoms with E-state index >= 15 is 0 Å². The number of nitrogens with one attached hydrogen (secondary N) is 3. The lowest BCUT2D eigenvalue weighted by atomic mass is 10.2. The minimum absolute atomic E-state index is 0.0421. The Balaban J connectivity index is 1.58. The van der Waals surface area contributed by atoms with E-state index in [1.807, 2.05) is 6.92 Å². The fraction of sp³-hybridized carbons (Fsp3) is 0.0800. The second-order valence-electron chi connectivity index (χ2n) is 7.50. The lowest BCUT2D eigenvalue weighted by molar-refractivity contribution is -0.133. The van der Waals surface area contributed by atoms with Crippen LogP contribution >= 0.6 is 34.8 Å². The van der Waals surface area contributed by atoms with Crippen LogP contribution in [0.15, 0.2) is 66.7 Å². The SMILES string of the molecule is CCOc1ccc(NC(=O)C(=O)Nn2c(C(=O)Nc3ccc(Cl)cc3Cl)cc3cc(Cl)ccc32)cc1. The first-order valence-electron chi connectivity index (χ1n) is 10.7. The van der Waals surface area contributed by atoms with Gasteiger partial charge in [-0.25, -0.2) is 4.68 Å². The molecule has 3 aromatic carbocycles. The van der Waals surface area contributed by atoms with Gasteiger partial charge < -0.3 is 15.4 Å². The standard InChI is InChI=1S/C25H19Cl3N4O4/c1-2-36-18-7-5-17(6-8-18)29-24(34)25(35)31-32-21-10-4-15(26)11-14(21)12-22(32)23(33)30-20-9-3-16(27)13-19(20)28/h3-13H,2H2,1H3,(H,29,34)(H,30,33)(H,31,35). The molecule has 1 heterocycles. The molecule has 3 amide bonds. The summed E-state index contributed by atoms with van der Waals surface area (Å²) in [5.41, 5.74) is 3.69. The number of ether oxygens (including phenoxy) is 1. The molecule has 0 saturated carbocycles. The number of benzene rings is 3. The Labute approximate surface area is 221 Å². The molecule has 0 saturated heterocycles. The van der Waals surface area contributed by atoms with Crippen LogP contribution in [0.25, 0.3) is 10.9 Å². The Morgan fingerprint density at radius 1 is 0.833 bits per heavy atom. The van der Waals surface area contributed by atoms with Crippen LogP contribution in [0.5, 0.6) is 5.75 Å². The van der Waals surface area contributed by atoms with Crippen molar-refractivity contribution in [2.75, 3.05) is 22.7 Å². The Kier molecular flexibility index (Phi) is 7.69. The van der Waals surface area contributed by atoms with Gasteiger partial charge in [-0.05, 0) is 73.7 Å². The van der Waals surface area contributed by atoms with Crippen LogP contribution in [-0.2, 0) is 9.59 Å². The molecule has 11 heteroatoms. The number of nitrogens with zero attached hydrogens (tertiary/aromatic N) is 1. The summed E-state index contributed by atoms with van der Waals surface area (Å²) < 4.78 is 6.58. The molecule has 36 heavy (non-hydrogen) atoms. The minimum Gasteiger partial charge on any atom is -0.494 e. The van der Waals surface area contributed by atoms with Crippen molar-refractivity contribution in [1.82, 2.24) is 4.68 Å². The van der Waals surface area contributed by atoms with Crippen molar-refractivity contribution < 1.29 is 19.1 Å². The number of rotatable bonds is 6. The van der Waals surface area contributed by atoms with Gasteiger partial charge in [-0.2, -0.15) is 0 Å². The molecule has 0 aliphatic heterocycles. The number of anilines is 2. The molecular formula is C25H19Cl3N4O4. The van der Waals surface area contributed by atoms with E-state index in [9.17, 15) is 14.4 Å². The van der Waals surface area contributed by atoms with Gasteiger partial charge in [0.2, 0.25) is 0 Å². The van der Waals surface area contributed by atoms with Crippen LogP contribution in [0.4, 0.5) is 11.4 Å². The highest BCUT2D eigenvalue weighted by Crippen LogP contribution is 2.27. The second kappa shape index (κ2) is 10.9. The van der Waals surface area contributed by atoms with Crippen molar-refractivity contribution in [3.05, 3.63) is 87.5 Å². The number of carbonyl (C=O) groups is 3. The van der Waals surface area contributed by atoms with Gasteiger partial charge >= 0.3 is 11.8 Å². The molecule has 0 atom stereocenters. The largest absolute Gasteiger partial charge is 0.494 e. The van der Waals surface area contributed by atoms with Crippen molar-refractivity contribution in [1.29, 1.82) is 0 Å². The summed E-state index contributed by atoms with van der Waals surface area (Å²) >= 11 is 18.2. The number of hydrogen-bond acceptors (Lipinski definition) is 4. The van der Waals surface area contributed by atoms with Gasteiger partial charge in [0.05, 0.1) is 22.8 Å². The summed E-state index contributed by atoms with van der Waals surface area (Å²) in [4.78, 5) is 38.5. The zero-order chi connectivity index (χ0) is 25.8. The van der Waals surface area contributed by atoms with E-state index in [1.54, 1.807) is 54.6 Å². The monoisotopic (exact) mass is 544 g/mol. The maximum Gasteiger partial charge on any atom is 0.328 e. The average Bonchev–Trinajstić information content (AvgIpc) is 3.19. The Bertz CT molecular complexity index is 1470.